The number of carbonyl (C=O) groups excluding carboxylic acids is 2. The van der Waals surface area contributed by atoms with Gasteiger partial charge in [-0.15, -0.1) is 0 Å². The summed E-state index contributed by atoms with van der Waals surface area (Å²) in [5, 5.41) is 5.73. The lowest BCUT2D eigenvalue weighted by molar-refractivity contribution is -0.147. The van der Waals surface area contributed by atoms with E-state index >= 15 is 0 Å². The fourth-order valence-corrected chi connectivity index (χ4v) is 6.12. The number of esters is 1. The smallest absolute Gasteiger partial charge is 0.325 e. The van der Waals surface area contributed by atoms with Crippen LogP contribution in [0.1, 0.15) is 47.0 Å². The summed E-state index contributed by atoms with van der Waals surface area (Å²) in [5.74, 6) is 0.131. The Labute approximate surface area is 210 Å². The third kappa shape index (κ3) is 3.27. The molecule has 4 aromatic carbocycles. The molecular formula is C31H27NO4. The summed E-state index contributed by atoms with van der Waals surface area (Å²) in [6.07, 6.45) is -0.367. The minimum Gasteiger partial charge on any atom is -0.484 e. The highest BCUT2D eigenvalue weighted by Crippen LogP contribution is 2.60. The molecule has 0 aliphatic carbocycles. The average Bonchev–Trinajstić information content (AvgIpc) is 3.25. The third-order valence-electron chi connectivity index (χ3n) is 7.74. The molecular weight excluding hydrogens is 450 g/mol. The predicted molar refractivity (Wildman–Crippen MR) is 138 cm³/mol. The van der Waals surface area contributed by atoms with Crippen molar-refractivity contribution >= 4 is 22.5 Å². The normalized spacial score (nSPS) is 27.0. The van der Waals surface area contributed by atoms with Gasteiger partial charge in [-0.1, -0.05) is 78.9 Å². The van der Waals surface area contributed by atoms with Crippen LogP contribution in [0.3, 0.4) is 0 Å². The molecule has 1 N–H and O–H groups in total. The highest BCUT2D eigenvalue weighted by atomic mass is 16.5. The second kappa shape index (κ2) is 8.32. The van der Waals surface area contributed by atoms with E-state index in [1.165, 1.54) is 7.11 Å². The van der Waals surface area contributed by atoms with E-state index in [0.29, 0.717) is 11.3 Å². The van der Waals surface area contributed by atoms with E-state index in [4.69, 9.17) is 9.47 Å². The van der Waals surface area contributed by atoms with Crippen LogP contribution in [0.15, 0.2) is 97.1 Å². The zero-order valence-electron chi connectivity index (χ0n) is 20.2. The number of hydrogen-bond acceptors (Lipinski definition) is 5. The summed E-state index contributed by atoms with van der Waals surface area (Å²) in [6.45, 7) is 1.82. The summed E-state index contributed by atoms with van der Waals surface area (Å²) in [7, 11) is 1.38. The van der Waals surface area contributed by atoms with Gasteiger partial charge in [-0.2, -0.15) is 0 Å². The van der Waals surface area contributed by atoms with E-state index in [2.05, 4.69) is 29.6 Å². The first-order valence-electron chi connectivity index (χ1n) is 12.2. The first-order valence-corrected chi connectivity index (χ1v) is 12.2. The number of Topliss-reactive ketones (excluding diaryl/α,β-unsaturated/α-hetero) is 1. The number of rotatable bonds is 3. The molecule has 1 saturated heterocycles. The van der Waals surface area contributed by atoms with E-state index in [-0.39, 0.29) is 12.2 Å². The molecule has 1 unspecified atom stereocenters. The molecule has 2 aliphatic rings. The van der Waals surface area contributed by atoms with E-state index in [1.807, 2.05) is 79.7 Å². The van der Waals surface area contributed by atoms with Gasteiger partial charge in [0, 0.05) is 0 Å². The number of hydrogen-bond donors (Lipinski definition) is 1. The van der Waals surface area contributed by atoms with Crippen molar-refractivity contribution in [2.75, 3.05) is 7.11 Å². The Morgan fingerprint density at radius 3 is 2.36 bits per heavy atom. The number of fused-ring (bicyclic) bond motifs is 2. The molecule has 1 fully saturated rings. The standard InChI is InChI=1S/C31H27NO4/c1-30(29(34)35-2)19-31(26(32-30)23-17-16-20-10-6-7-13-22(20)18-23)27(33)24-14-8-9-15-25(24)36-28(31)21-11-4-3-5-12-21/h3-18,26,28,32H,19H2,1-2H3/t26-,28?,30-,31+/m0/s1. The molecule has 4 atom stereocenters. The molecule has 5 nitrogen and oxygen atoms in total. The molecule has 1 spiro atoms. The van der Waals surface area contributed by atoms with E-state index in [1.54, 1.807) is 0 Å². The Morgan fingerprint density at radius 2 is 1.58 bits per heavy atom. The van der Waals surface area contributed by atoms with Crippen LogP contribution in [-0.2, 0) is 9.53 Å². The lowest BCUT2D eigenvalue weighted by Gasteiger charge is -2.44. The first-order chi connectivity index (χ1) is 17.5. The highest BCUT2D eigenvalue weighted by Gasteiger charge is 2.66. The zero-order valence-corrected chi connectivity index (χ0v) is 20.2. The third-order valence-corrected chi connectivity index (χ3v) is 7.74. The van der Waals surface area contributed by atoms with Crippen molar-refractivity contribution in [2.45, 2.75) is 31.0 Å². The van der Waals surface area contributed by atoms with Gasteiger partial charge >= 0.3 is 5.97 Å². The highest BCUT2D eigenvalue weighted by molar-refractivity contribution is 6.06. The SMILES string of the molecule is COC(=O)[C@]1(C)C[C@]2(C(=O)c3ccccc3OC2c2ccccc2)[C@H](c2ccc3ccccc3c2)N1. The van der Waals surface area contributed by atoms with Gasteiger partial charge in [-0.3, -0.25) is 14.9 Å². The van der Waals surface area contributed by atoms with Crippen LogP contribution >= 0.6 is 0 Å². The average molecular weight is 478 g/mol. The maximum absolute atomic E-state index is 14.6. The van der Waals surface area contributed by atoms with Crippen LogP contribution in [-0.4, -0.2) is 24.4 Å². The minimum atomic E-state index is -1.08. The van der Waals surface area contributed by atoms with Gasteiger partial charge in [0.25, 0.3) is 0 Å². The molecule has 2 aliphatic heterocycles. The van der Waals surface area contributed by atoms with Gasteiger partial charge in [-0.05, 0) is 53.4 Å². The molecule has 0 bridgehead atoms. The second-order valence-electron chi connectivity index (χ2n) is 9.96. The number of para-hydroxylation sites is 1. The van der Waals surface area contributed by atoms with Crippen molar-refractivity contribution in [3.8, 4) is 5.75 Å². The van der Waals surface area contributed by atoms with E-state index < -0.39 is 29.1 Å². The monoisotopic (exact) mass is 477 g/mol. The summed E-state index contributed by atoms with van der Waals surface area (Å²) in [5.41, 5.74) is 0.192. The maximum atomic E-state index is 14.6. The summed E-state index contributed by atoms with van der Waals surface area (Å²) < 4.78 is 11.9. The fraction of sp³-hybridized carbons (Fsp3) is 0.226. The van der Waals surface area contributed by atoms with Gasteiger partial charge in [0.05, 0.1) is 24.1 Å². The van der Waals surface area contributed by atoms with Crippen molar-refractivity contribution in [1.82, 2.24) is 5.32 Å². The van der Waals surface area contributed by atoms with Crippen LogP contribution in [0.2, 0.25) is 0 Å². The van der Waals surface area contributed by atoms with Crippen LogP contribution in [0.5, 0.6) is 5.75 Å². The fourth-order valence-electron chi connectivity index (χ4n) is 6.12. The topological polar surface area (TPSA) is 64.6 Å². The van der Waals surface area contributed by atoms with Gasteiger partial charge in [-0.25, -0.2) is 0 Å². The molecule has 0 aromatic heterocycles. The zero-order chi connectivity index (χ0) is 24.9. The van der Waals surface area contributed by atoms with Crippen molar-refractivity contribution < 1.29 is 19.1 Å². The molecule has 0 amide bonds. The van der Waals surface area contributed by atoms with Crippen LogP contribution in [0.4, 0.5) is 0 Å². The molecule has 180 valence electrons. The van der Waals surface area contributed by atoms with Gasteiger partial charge < -0.3 is 9.47 Å². The first kappa shape index (κ1) is 22.5. The van der Waals surface area contributed by atoms with Crippen molar-refractivity contribution in [2.24, 2.45) is 5.41 Å². The molecule has 0 radical (unpaired) electrons. The van der Waals surface area contributed by atoms with Crippen LogP contribution in [0, 0.1) is 5.41 Å². The molecule has 36 heavy (non-hydrogen) atoms. The molecule has 4 aromatic rings. The van der Waals surface area contributed by atoms with Gasteiger partial charge in [0.15, 0.2) is 5.78 Å². The maximum Gasteiger partial charge on any atom is 0.325 e. The Bertz CT molecular complexity index is 1480. The lowest BCUT2D eigenvalue weighted by atomic mass is 9.63. The predicted octanol–water partition coefficient (Wildman–Crippen LogP) is 5.81. The van der Waals surface area contributed by atoms with Crippen molar-refractivity contribution in [1.29, 1.82) is 0 Å². The van der Waals surface area contributed by atoms with Crippen molar-refractivity contribution in [3.63, 3.8) is 0 Å². The van der Waals surface area contributed by atoms with E-state index in [0.717, 1.165) is 21.9 Å². The number of carbonyl (C=O) groups is 2. The number of ether oxygens (including phenoxy) is 2. The minimum absolute atomic E-state index is 0.0310. The number of nitrogens with one attached hydrogen (secondary N) is 1. The van der Waals surface area contributed by atoms with Crippen LogP contribution < -0.4 is 10.1 Å². The number of ketones is 1. The van der Waals surface area contributed by atoms with Gasteiger partial charge in [0.1, 0.15) is 17.4 Å². The Morgan fingerprint density at radius 1 is 0.889 bits per heavy atom. The Hall–Kier alpha value is -3.96. The molecule has 5 heteroatoms. The Balaban J connectivity index is 1.62. The number of benzene rings is 4. The lowest BCUT2D eigenvalue weighted by Crippen LogP contribution is -2.47. The quantitative estimate of drug-likeness (QED) is 0.377. The van der Waals surface area contributed by atoms with Crippen LogP contribution in [0.25, 0.3) is 10.8 Å². The summed E-state index contributed by atoms with van der Waals surface area (Å²) in [4.78, 5) is 27.7. The molecule has 2 heterocycles. The summed E-state index contributed by atoms with van der Waals surface area (Å²) in [6, 6.07) is 31.0. The largest absolute Gasteiger partial charge is 0.484 e. The van der Waals surface area contributed by atoms with Crippen molar-refractivity contribution in [3.05, 3.63) is 114 Å². The number of methoxy groups -OCH3 is 1. The molecule has 0 saturated carbocycles. The Kier molecular flexibility index (Phi) is 5.20. The van der Waals surface area contributed by atoms with Gasteiger partial charge in [0.2, 0.25) is 0 Å². The summed E-state index contributed by atoms with van der Waals surface area (Å²) >= 11 is 0. The second-order valence-corrected chi connectivity index (χ2v) is 9.96. The molecule has 6 rings (SSSR count). The van der Waals surface area contributed by atoms with E-state index in [9.17, 15) is 9.59 Å².